The molecule has 0 fully saturated rings. The van der Waals surface area contributed by atoms with Gasteiger partial charge in [-0.15, -0.1) is 0 Å². The van der Waals surface area contributed by atoms with Gasteiger partial charge in [-0.1, -0.05) is 31.0 Å². The van der Waals surface area contributed by atoms with Crippen molar-refractivity contribution in [3.8, 4) is 5.69 Å². The van der Waals surface area contributed by atoms with Crippen LogP contribution in [-0.2, 0) is 6.42 Å². The van der Waals surface area contributed by atoms with Crippen molar-refractivity contribution >= 4 is 5.82 Å². The maximum absolute atomic E-state index is 5.98. The Labute approximate surface area is 102 Å². The molecule has 2 rings (SSSR count). The van der Waals surface area contributed by atoms with Crippen LogP contribution in [0, 0.1) is 6.92 Å². The minimum Gasteiger partial charge on any atom is -0.384 e. The van der Waals surface area contributed by atoms with Gasteiger partial charge in [0.2, 0.25) is 0 Å². The number of nitrogens with two attached hydrogens (primary N) is 1. The van der Waals surface area contributed by atoms with E-state index in [2.05, 4.69) is 31.1 Å². The van der Waals surface area contributed by atoms with Crippen LogP contribution in [0.2, 0.25) is 0 Å². The molecule has 0 spiro atoms. The molecule has 0 saturated heterocycles. The van der Waals surface area contributed by atoms with E-state index in [0.29, 0.717) is 5.82 Å². The number of aryl methyl sites for hydroxylation is 2. The fraction of sp³-hybridized carbons (Fsp3) is 0.357. The Morgan fingerprint density at radius 2 is 1.94 bits per heavy atom. The lowest BCUT2D eigenvalue weighted by atomic mass is 10.2. The van der Waals surface area contributed by atoms with E-state index in [-0.39, 0.29) is 0 Å². The van der Waals surface area contributed by atoms with Gasteiger partial charge < -0.3 is 5.73 Å². The van der Waals surface area contributed by atoms with Crippen LogP contribution in [0.3, 0.4) is 0 Å². The summed E-state index contributed by atoms with van der Waals surface area (Å²) in [7, 11) is 0. The number of rotatable bonds is 4. The molecular weight excluding hydrogens is 210 g/mol. The second-order valence-corrected chi connectivity index (χ2v) is 4.41. The number of nitrogen functional groups attached to an aromatic ring is 1. The molecule has 0 unspecified atom stereocenters. The second kappa shape index (κ2) is 5.04. The molecule has 3 heteroatoms. The van der Waals surface area contributed by atoms with E-state index in [1.807, 2.05) is 22.9 Å². The van der Waals surface area contributed by atoms with Gasteiger partial charge in [0.1, 0.15) is 5.82 Å². The van der Waals surface area contributed by atoms with Crippen molar-refractivity contribution in [1.29, 1.82) is 0 Å². The highest BCUT2D eigenvalue weighted by Gasteiger charge is 2.06. The van der Waals surface area contributed by atoms with Crippen molar-refractivity contribution in [2.24, 2.45) is 0 Å². The van der Waals surface area contributed by atoms with E-state index in [4.69, 9.17) is 5.73 Å². The largest absolute Gasteiger partial charge is 0.384 e. The first-order valence-corrected chi connectivity index (χ1v) is 6.12. The van der Waals surface area contributed by atoms with E-state index >= 15 is 0 Å². The SMILES string of the molecule is CCCCc1cc(N)n(-c2ccc(C)cc2)n1. The highest BCUT2D eigenvalue weighted by molar-refractivity contribution is 5.43. The van der Waals surface area contributed by atoms with Gasteiger partial charge in [0.05, 0.1) is 11.4 Å². The smallest absolute Gasteiger partial charge is 0.127 e. The van der Waals surface area contributed by atoms with Crippen molar-refractivity contribution in [2.75, 3.05) is 5.73 Å². The second-order valence-electron chi connectivity index (χ2n) is 4.41. The minimum absolute atomic E-state index is 0.708. The van der Waals surface area contributed by atoms with Gasteiger partial charge in [-0.05, 0) is 31.9 Å². The molecule has 0 radical (unpaired) electrons. The third-order valence-electron chi connectivity index (χ3n) is 2.85. The summed E-state index contributed by atoms with van der Waals surface area (Å²) in [5.74, 6) is 0.708. The van der Waals surface area contributed by atoms with Crippen LogP contribution in [0.25, 0.3) is 5.69 Å². The molecule has 0 aliphatic rings. The number of nitrogens with zero attached hydrogens (tertiary/aromatic N) is 2. The molecule has 0 atom stereocenters. The average molecular weight is 229 g/mol. The Balaban J connectivity index is 2.26. The predicted molar refractivity (Wildman–Crippen MR) is 71.3 cm³/mol. The van der Waals surface area contributed by atoms with Crippen LogP contribution < -0.4 is 5.73 Å². The standard InChI is InChI=1S/C14H19N3/c1-3-4-5-12-10-14(15)17(16-12)13-8-6-11(2)7-9-13/h6-10H,3-5,15H2,1-2H3. The summed E-state index contributed by atoms with van der Waals surface area (Å²) in [6, 6.07) is 10.2. The van der Waals surface area contributed by atoms with Crippen LogP contribution in [0.5, 0.6) is 0 Å². The quantitative estimate of drug-likeness (QED) is 0.875. The fourth-order valence-corrected chi connectivity index (χ4v) is 1.82. The average Bonchev–Trinajstić information content (AvgIpc) is 2.69. The Kier molecular flexibility index (Phi) is 3.47. The van der Waals surface area contributed by atoms with Gasteiger partial charge in [-0.2, -0.15) is 5.10 Å². The Bertz CT molecular complexity index is 483. The van der Waals surface area contributed by atoms with E-state index in [0.717, 1.165) is 24.2 Å². The van der Waals surface area contributed by atoms with E-state index < -0.39 is 0 Å². The summed E-state index contributed by atoms with van der Waals surface area (Å²) >= 11 is 0. The number of benzene rings is 1. The molecule has 0 aliphatic heterocycles. The summed E-state index contributed by atoms with van der Waals surface area (Å²) in [5.41, 5.74) is 9.32. The monoisotopic (exact) mass is 229 g/mol. The van der Waals surface area contributed by atoms with Crippen LogP contribution in [0.15, 0.2) is 30.3 Å². The number of unbranched alkanes of at least 4 members (excludes halogenated alkanes) is 1. The first-order chi connectivity index (χ1) is 8.20. The zero-order valence-corrected chi connectivity index (χ0v) is 10.5. The molecular formula is C14H19N3. The number of hydrogen-bond donors (Lipinski definition) is 1. The van der Waals surface area contributed by atoms with Crippen LogP contribution >= 0.6 is 0 Å². The van der Waals surface area contributed by atoms with Crippen molar-refractivity contribution in [1.82, 2.24) is 9.78 Å². The molecule has 2 N–H and O–H groups in total. The van der Waals surface area contributed by atoms with E-state index in [1.54, 1.807) is 0 Å². The fourth-order valence-electron chi connectivity index (χ4n) is 1.82. The summed E-state index contributed by atoms with van der Waals surface area (Å²) in [6.07, 6.45) is 3.33. The van der Waals surface area contributed by atoms with Gasteiger partial charge in [0.25, 0.3) is 0 Å². The van der Waals surface area contributed by atoms with Crippen LogP contribution in [0.1, 0.15) is 31.0 Å². The zero-order chi connectivity index (χ0) is 12.3. The Morgan fingerprint density at radius 1 is 1.24 bits per heavy atom. The lowest BCUT2D eigenvalue weighted by molar-refractivity contribution is 0.753. The lowest BCUT2D eigenvalue weighted by Crippen LogP contribution is -2.01. The third-order valence-corrected chi connectivity index (χ3v) is 2.85. The molecule has 2 aromatic rings. The van der Waals surface area contributed by atoms with Crippen molar-refractivity contribution in [2.45, 2.75) is 33.1 Å². The molecule has 1 heterocycles. The molecule has 1 aromatic carbocycles. The van der Waals surface area contributed by atoms with Gasteiger partial charge in [-0.3, -0.25) is 0 Å². The van der Waals surface area contributed by atoms with E-state index in [1.165, 1.54) is 12.0 Å². The first kappa shape index (κ1) is 11.7. The van der Waals surface area contributed by atoms with E-state index in [9.17, 15) is 0 Å². The molecule has 0 saturated carbocycles. The predicted octanol–water partition coefficient (Wildman–Crippen LogP) is 3.11. The summed E-state index contributed by atoms with van der Waals surface area (Å²) in [4.78, 5) is 0. The molecule has 3 nitrogen and oxygen atoms in total. The minimum atomic E-state index is 0.708. The lowest BCUT2D eigenvalue weighted by Gasteiger charge is -2.03. The molecule has 0 aliphatic carbocycles. The van der Waals surface area contributed by atoms with Gasteiger partial charge in [0, 0.05) is 6.07 Å². The number of hydrogen-bond acceptors (Lipinski definition) is 2. The normalized spacial score (nSPS) is 10.7. The Hall–Kier alpha value is -1.77. The Morgan fingerprint density at radius 3 is 2.59 bits per heavy atom. The van der Waals surface area contributed by atoms with Crippen molar-refractivity contribution in [3.05, 3.63) is 41.6 Å². The van der Waals surface area contributed by atoms with Crippen LogP contribution in [-0.4, -0.2) is 9.78 Å². The summed E-state index contributed by atoms with van der Waals surface area (Å²) < 4.78 is 1.81. The maximum Gasteiger partial charge on any atom is 0.127 e. The number of anilines is 1. The van der Waals surface area contributed by atoms with Gasteiger partial charge in [-0.25, -0.2) is 4.68 Å². The van der Waals surface area contributed by atoms with Gasteiger partial charge in [0.15, 0.2) is 0 Å². The topological polar surface area (TPSA) is 43.8 Å². The molecule has 0 bridgehead atoms. The highest BCUT2D eigenvalue weighted by Crippen LogP contribution is 2.16. The first-order valence-electron chi connectivity index (χ1n) is 6.12. The summed E-state index contributed by atoms with van der Waals surface area (Å²) in [5, 5.41) is 4.54. The molecule has 17 heavy (non-hydrogen) atoms. The highest BCUT2D eigenvalue weighted by atomic mass is 15.3. The summed E-state index contributed by atoms with van der Waals surface area (Å²) in [6.45, 7) is 4.25. The van der Waals surface area contributed by atoms with Crippen molar-refractivity contribution in [3.63, 3.8) is 0 Å². The molecule has 90 valence electrons. The van der Waals surface area contributed by atoms with Gasteiger partial charge >= 0.3 is 0 Å². The third kappa shape index (κ3) is 2.67. The number of aromatic nitrogens is 2. The zero-order valence-electron chi connectivity index (χ0n) is 10.5. The van der Waals surface area contributed by atoms with Crippen LogP contribution in [0.4, 0.5) is 5.82 Å². The molecule has 1 aromatic heterocycles. The van der Waals surface area contributed by atoms with Crippen molar-refractivity contribution < 1.29 is 0 Å². The molecule has 0 amide bonds. The maximum atomic E-state index is 5.98.